The summed E-state index contributed by atoms with van der Waals surface area (Å²) in [4.78, 5) is 0. The third-order valence-corrected chi connectivity index (χ3v) is 4.00. The quantitative estimate of drug-likeness (QED) is 0.825. The number of hydrogen-bond acceptors (Lipinski definition) is 2. The Balaban J connectivity index is 2.59. The van der Waals surface area contributed by atoms with Crippen molar-refractivity contribution >= 4 is 28.1 Å². The Kier molecular flexibility index (Phi) is 5.29. The fourth-order valence-electron chi connectivity index (χ4n) is 1.32. The van der Waals surface area contributed by atoms with Crippen LogP contribution in [0.1, 0.15) is 25.8 Å². The maximum absolute atomic E-state index is 11.8. The van der Waals surface area contributed by atoms with E-state index in [0.29, 0.717) is 22.4 Å². The van der Waals surface area contributed by atoms with Crippen LogP contribution in [0.2, 0.25) is 5.02 Å². The van der Waals surface area contributed by atoms with E-state index in [2.05, 4.69) is 13.8 Å². The van der Waals surface area contributed by atoms with Crippen LogP contribution < -0.4 is 5.73 Å². The van der Waals surface area contributed by atoms with Crippen LogP contribution >= 0.6 is 11.6 Å². The lowest BCUT2D eigenvalue weighted by molar-refractivity contribution is 0.619. The largest absolute Gasteiger partial charge is 0.399 e. The first-order valence-corrected chi connectivity index (χ1v) is 7.24. The zero-order valence-corrected chi connectivity index (χ0v) is 11.3. The Morgan fingerprint density at radius 1 is 1.44 bits per heavy atom. The average molecular weight is 260 g/mol. The SMILES string of the molecule is CC(C)CCS(=O)Cc1cc(N)ccc1Cl. The van der Waals surface area contributed by atoms with Gasteiger partial charge in [-0.05, 0) is 36.1 Å². The van der Waals surface area contributed by atoms with Gasteiger partial charge in [0.15, 0.2) is 0 Å². The van der Waals surface area contributed by atoms with Gasteiger partial charge in [0.2, 0.25) is 0 Å². The molecule has 1 atom stereocenters. The minimum atomic E-state index is -0.850. The van der Waals surface area contributed by atoms with E-state index in [1.807, 2.05) is 0 Å². The summed E-state index contributed by atoms with van der Waals surface area (Å²) in [5.41, 5.74) is 7.21. The van der Waals surface area contributed by atoms with Gasteiger partial charge in [-0.3, -0.25) is 4.21 Å². The van der Waals surface area contributed by atoms with Gasteiger partial charge in [0.1, 0.15) is 0 Å². The van der Waals surface area contributed by atoms with Crippen LogP contribution in [-0.2, 0) is 16.6 Å². The normalized spacial score (nSPS) is 13.0. The molecule has 16 heavy (non-hydrogen) atoms. The smallest absolute Gasteiger partial charge is 0.0501 e. The van der Waals surface area contributed by atoms with E-state index < -0.39 is 10.8 Å². The lowest BCUT2D eigenvalue weighted by atomic mass is 10.2. The highest BCUT2D eigenvalue weighted by molar-refractivity contribution is 7.84. The zero-order chi connectivity index (χ0) is 12.1. The monoisotopic (exact) mass is 259 g/mol. The van der Waals surface area contributed by atoms with Crippen molar-refractivity contribution in [2.75, 3.05) is 11.5 Å². The molecule has 1 rings (SSSR count). The minimum Gasteiger partial charge on any atom is -0.399 e. The number of rotatable bonds is 5. The predicted molar refractivity (Wildman–Crippen MR) is 72.0 cm³/mol. The highest BCUT2D eigenvalue weighted by Gasteiger charge is 2.07. The van der Waals surface area contributed by atoms with E-state index in [9.17, 15) is 4.21 Å². The molecule has 4 heteroatoms. The Hall–Kier alpha value is -0.540. The molecule has 0 saturated carbocycles. The van der Waals surface area contributed by atoms with E-state index in [4.69, 9.17) is 17.3 Å². The first kappa shape index (κ1) is 13.5. The fourth-order valence-corrected chi connectivity index (χ4v) is 3.05. The van der Waals surface area contributed by atoms with Gasteiger partial charge in [-0.25, -0.2) is 0 Å². The molecule has 0 saturated heterocycles. The molecule has 1 aromatic rings. The third kappa shape index (κ3) is 4.54. The summed E-state index contributed by atoms with van der Waals surface area (Å²) in [5, 5.41) is 0.645. The van der Waals surface area contributed by atoms with Crippen LogP contribution in [0.5, 0.6) is 0 Å². The van der Waals surface area contributed by atoms with Crippen molar-refractivity contribution in [3.8, 4) is 0 Å². The van der Waals surface area contributed by atoms with Crippen molar-refractivity contribution in [2.45, 2.75) is 26.0 Å². The van der Waals surface area contributed by atoms with E-state index in [1.165, 1.54) is 0 Å². The van der Waals surface area contributed by atoms with Crippen LogP contribution in [0.25, 0.3) is 0 Å². The molecule has 1 unspecified atom stereocenters. The summed E-state index contributed by atoms with van der Waals surface area (Å²) < 4.78 is 11.8. The van der Waals surface area contributed by atoms with E-state index in [-0.39, 0.29) is 0 Å². The number of halogens is 1. The Morgan fingerprint density at radius 3 is 2.75 bits per heavy atom. The topological polar surface area (TPSA) is 43.1 Å². The van der Waals surface area contributed by atoms with Crippen LogP contribution in [-0.4, -0.2) is 9.96 Å². The van der Waals surface area contributed by atoms with Gasteiger partial charge in [-0.1, -0.05) is 25.4 Å². The maximum Gasteiger partial charge on any atom is 0.0501 e. The molecule has 0 aromatic heterocycles. The first-order valence-electron chi connectivity index (χ1n) is 5.38. The Labute approximate surface area is 105 Å². The maximum atomic E-state index is 11.8. The van der Waals surface area contributed by atoms with Crippen molar-refractivity contribution < 1.29 is 4.21 Å². The summed E-state index contributed by atoms with van der Waals surface area (Å²) in [5.74, 6) is 1.81. The molecule has 2 nitrogen and oxygen atoms in total. The molecule has 0 aliphatic rings. The molecule has 0 aliphatic heterocycles. The summed E-state index contributed by atoms with van der Waals surface area (Å²) in [6.07, 6.45) is 0.979. The third-order valence-electron chi connectivity index (χ3n) is 2.31. The molecule has 0 amide bonds. The predicted octanol–water partition coefficient (Wildman–Crippen LogP) is 3.22. The first-order chi connectivity index (χ1) is 7.49. The van der Waals surface area contributed by atoms with Crippen molar-refractivity contribution in [3.05, 3.63) is 28.8 Å². The van der Waals surface area contributed by atoms with E-state index in [0.717, 1.165) is 17.7 Å². The van der Waals surface area contributed by atoms with Gasteiger partial charge in [-0.2, -0.15) is 0 Å². The number of nitrogens with two attached hydrogens (primary N) is 1. The fraction of sp³-hybridized carbons (Fsp3) is 0.500. The summed E-state index contributed by atoms with van der Waals surface area (Å²) in [6, 6.07) is 5.31. The highest BCUT2D eigenvalue weighted by Crippen LogP contribution is 2.20. The van der Waals surface area contributed by atoms with Gasteiger partial charge in [0, 0.05) is 27.3 Å². The molecule has 0 spiro atoms. The molecule has 0 heterocycles. The van der Waals surface area contributed by atoms with Crippen molar-refractivity contribution in [3.63, 3.8) is 0 Å². The van der Waals surface area contributed by atoms with Crippen LogP contribution in [0.4, 0.5) is 5.69 Å². The van der Waals surface area contributed by atoms with E-state index in [1.54, 1.807) is 18.2 Å². The second kappa shape index (κ2) is 6.26. The van der Waals surface area contributed by atoms with Gasteiger partial charge in [-0.15, -0.1) is 0 Å². The van der Waals surface area contributed by atoms with Gasteiger partial charge < -0.3 is 5.73 Å². The standard InChI is InChI=1S/C12H18ClNOS/c1-9(2)5-6-16(15)8-10-7-11(14)3-4-12(10)13/h3-4,7,9H,5-6,8,14H2,1-2H3. The van der Waals surface area contributed by atoms with Gasteiger partial charge >= 0.3 is 0 Å². The number of anilines is 1. The van der Waals surface area contributed by atoms with Crippen LogP contribution in [0, 0.1) is 5.92 Å². The second-order valence-electron chi connectivity index (χ2n) is 4.32. The van der Waals surface area contributed by atoms with Crippen LogP contribution in [0.15, 0.2) is 18.2 Å². The Morgan fingerprint density at radius 2 is 2.12 bits per heavy atom. The molecular formula is C12H18ClNOS. The summed E-state index contributed by atoms with van der Waals surface area (Å²) in [6.45, 7) is 4.26. The van der Waals surface area contributed by atoms with Crippen LogP contribution in [0.3, 0.4) is 0 Å². The van der Waals surface area contributed by atoms with Crippen molar-refractivity contribution in [1.29, 1.82) is 0 Å². The highest BCUT2D eigenvalue weighted by atomic mass is 35.5. The lowest BCUT2D eigenvalue weighted by Gasteiger charge is -2.07. The molecule has 0 bridgehead atoms. The molecule has 0 aliphatic carbocycles. The molecule has 1 aromatic carbocycles. The number of nitrogen functional groups attached to an aromatic ring is 1. The second-order valence-corrected chi connectivity index (χ2v) is 6.31. The van der Waals surface area contributed by atoms with Gasteiger partial charge in [0.05, 0.1) is 5.75 Å². The zero-order valence-electron chi connectivity index (χ0n) is 9.70. The summed E-state index contributed by atoms with van der Waals surface area (Å²) >= 11 is 6.01. The Bertz CT molecular complexity index is 379. The molecular weight excluding hydrogens is 242 g/mol. The molecule has 0 radical (unpaired) electrons. The summed E-state index contributed by atoms with van der Waals surface area (Å²) in [7, 11) is -0.850. The lowest BCUT2D eigenvalue weighted by Crippen LogP contribution is -2.04. The molecule has 90 valence electrons. The number of benzene rings is 1. The average Bonchev–Trinajstić information content (AvgIpc) is 2.20. The number of hydrogen-bond donors (Lipinski definition) is 1. The van der Waals surface area contributed by atoms with Crippen molar-refractivity contribution in [2.24, 2.45) is 5.92 Å². The molecule has 2 N–H and O–H groups in total. The van der Waals surface area contributed by atoms with Crippen molar-refractivity contribution in [1.82, 2.24) is 0 Å². The van der Waals surface area contributed by atoms with Gasteiger partial charge in [0.25, 0.3) is 0 Å². The minimum absolute atomic E-state index is 0.497. The molecule has 0 fully saturated rings. The van der Waals surface area contributed by atoms with E-state index >= 15 is 0 Å².